The molecule has 0 aromatic rings. The summed E-state index contributed by atoms with van der Waals surface area (Å²) in [4.78, 5) is 32.0. The average Bonchev–Trinajstić information content (AvgIpc) is 2.84. The Labute approximate surface area is 217 Å². The Bertz CT molecular complexity index is 683. The lowest BCUT2D eigenvalue weighted by molar-refractivity contribution is -0.136. The fraction of sp³-hybridized carbons (Fsp3) is 0.840. The first-order chi connectivity index (χ1) is 17.0. The normalized spacial score (nSPS) is 14.4. The summed E-state index contributed by atoms with van der Waals surface area (Å²) in [5, 5.41) is 28.3. The van der Waals surface area contributed by atoms with Crippen molar-refractivity contribution >= 4 is 23.5 Å². The lowest BCUT2D eigenvalue weighted by Gasteiger charge is -2.23. The molecule has 0 heterocycles. The molecule has 0 unspecified atom stereocenters. The second kappa shape index (κ2) is 19.9. The zero-order valence-corrected chi connectivity index (χ0v) is 22.8. The second-order valence-corrected chi connectivity index (χ2v) is 9.62. The first kappa shape index (κ1) is 33.8. The van der Waals surface area contributed by atoms with Gasteiger partial charge in [-0.3, -0.25) is 19.6 Å². The topological polar surface area (TPSA) is 187 Å². The highest BCUT2D eigenvalue weighted by Crippen LogP contribution is 2.07. The van der Waals surface area contributed by atoms with E-state index in [1.807, 2.05) is 0 Å². The van der Waals surface area contributed by atoms with Crippen LogP contribution < -0.4 is 27.4 Å². The van der Waals surface area contributed by atoms with Crippen molar-refractivity contribution in [1.82, 2.24) is 16.0 Å². The third-order valence-electron chi connectivity index (χ3n) is 5.93. The van der Waals surface area contributed by atoms with Crippen LogP contribution in [0.2, 0.25) is 0 Å². The minimum absolute atomic E-state index is 0.0000703. The van der Waals surface area contributed by atoms with E-state index in [-0.39, 0.29) is 37.4 Å². The smallest absolute Gasteiger partial charge is 0.251 e. The summed E-state index contributed by atoms with van der Waals surface area (Å²) in [6, 6.07) is 0. The van der Waals surface area contributed by atoms with E-state index in [1.165, 1.54) is 0 Å². The lowest BCUT2D eigenvalue weighted by atomic mass is 10.0. The molecule has 0 radical (unpaired) electrons. The molecule has 36 heavy (non-hydrogen) atoms. The molecule has 0 bridgehead atoms. The lowest BCUT2D eigenvalue weighted by Crippen LogP contribution is -2.43. The number of aliphatic hydroxyl groups excluding tert-OH is 2. The molecule has 0 fully saturated rings. The number of nitrogens with one attached hydrogen (secondary N) is 3. The molecule has 9 N–H and O–H groups in total. The molecule has 210 valence electrons. The minimum atomic E-state index is -1.59. The molecule has 0 aromatic heterocycles. The van der Waals surface area contributed by atoms with Gasteiger partial charge in [0.25, 0.3) is 5.91 Å². The predicted octanol–water partition coefficient (Wildman–Crippen LogP) is 0.574. The number of unbranched alkanes of at least 4 members (excludes halogenated alkanes) is 3. The average molecular weight is 514 g/mol. The third kappa shape index (κ3) is 18.1. The van der Waals surface area contributed by atoms with E-state index in [2.05, 4.69) is 46.7 Å². The maximum atomic E-state index is 11.9. The zero-order valence-electron chi connectivity index (χ0n) is 22.8. The van der Waals surface area contributed by atoms with Gasteiger partial charge in [0.2, 0.25) is 5.91 Å². The Morgan fingerprint density at radius 3 is 1.94 bits per heavy atom. The monoisotopic (exact) mass is 513 g/mol. The van der Waals surface area contributed by atoms with E-state index in [9.17, 15) is 19.8 Å². The maximum absolute atomic E-state index is 11.9. The summed E-state index contributed by atoms with van der Waals surface area (Å²) in [5.41, 5.74) is 12.0. The summed E-state index contributed by atoms with van der Waals surface area (Å²) in [7, 11) is 0. The number of amides is 2. The second-order valence-electron chi connectivity index (χ2n) is 9.62. The van der Waals surface area contributed by atoms with E-state index >= 15 is 0 Å². The molecule has 2 atom stereocenters. The van der Waals surface area contributed by atoms with Crippen molar-refractivity contribution in [3.05, 3.63) is 0 Å². The molecule has 0 saturated heterocycles. The van der Waals surface area contributed by atoms with Crippen LogP contribution in [0.25, 0.3) is 0 Å². The van der Waals surface area contributed by atoms with Crippen LogP contribution in [0.5, 0.6) is 0 Å². The molecule has 0 aliphatic rings. The van der Waals surface area contributed by atoms with Gasteiger partial charge in [0, 0.05) is 44.4 Å². The summed E-state index contributed by atoms with van der Waals surface area (Å²) in [6.45, 7) is 10.8. The van der Waals surface area contributed by atoms with Gasteiger partial charge in [-0.05, 0) is 46.5 Å². The first-order valence-electron chi connectivity index (χ1n) is 13.3. The molecule has 0 aliphatic heterocycles. The van der Waals surface area contributed by atoms with Gasteiger partial charge in [-0.1, -0.05) is 19.8 Å². The number of amidine groups is 2. The van der Waals surface area contributed by atoms with Gasteiger partial charge in [-0.25, -0.2) is 0 Å². The van der Waals surface area contributed by atoms with Crippen molar-refractivity contribution < 1.29 is 19.8 Å². The van der Waals surface area contributed by atoms with Gasteiger partial charge in [0.05, 0.1) is 30.9 Å². The van der Waals surface area contributed by atoms with Gasteiger partial charge in [0.15, 0.2) is 6.10 Å². The van der Waals surface area contributed by atoms with E-state index in [4.69, 9.17) is 11.5 Å². The molecule has 11 heteroatoms. The van der Waals surface area contributed by atoms with Gasteiger partial charge in [0.1, 0.15) is 0 Å². The minimum Gasteiger partial charge on any atom is -0.390 e. The fourth-order valence-corrected chi connectivity index (χ4v) is 3.22. The standard InChI is InChI=1S/C25H51N7O4/c1-5-25(3,4)32-18-17-30-21(27)12-10-8-7-9-11-20(26)29-15-16-31-24(36)23(35)19(33)13-14-22(34)28-6-2/h19,23,32-33,35H,5-18H2,1-4H3,(H2,26,29)(H2,27,30)(H,28,34)(H,31,36)/t19-,23+/m0/s1. The summed E-state index contributed by atoms with van der Waals surface area (Å²) in [6.07, 6.45) is 3.65. The molecular formula is C25H51N7O4. The van der Waals surface area contributed by atoms with E-state index in [0.29, 0.717) is 31.2 Å². The van der Waals surface area contributed by atoms with Crippen molar-refractivity contribution in [3.8, 4) is 0 Å². The Balaban J connectivity index is 3.89. The number of carbonyl (C=O) groups excluding carboxylic acids is 2. The van der Waals surface area contributed by atoms with Crippen LogP contribution in [0.15, 0.2) is 9.98 Å². The Morgan fingerprint density at radius 2 is 1.42 bits per heavy atom. The van der Waals surface area contributed by atoms with Crippen LogP contribution in [-0.2, 0) is 9.59 Å². The van der Waals surface area contributed by atoms with E-state index < -0.39 is 18.1 Å². The Kier molecular flexibility index (Phi) is 18.7. The molecule has 0 rings (SSSR count). The van der Waals surface area contributed by atoms with E-state index in [1.54, 1.807) is 6.92 Å². The van der Waals surface area contributed by atoms with E-state index in [0.717, 1.165) is 45.1 Å². The van der Waals surface area contributed by atoms with Crippen LogP contribution in [0.3, 0.4) is 0 Å². The number of rotatable bonds is 21. The van der Waals surface area contributed by atoms with Crippen LogP contribution in [0.1, 0.15) is 85.5 Å². The highest BCUT2D eigenvalue weighted by Gasteiger charge is 2.24. The largest absolute Gasteiger partial charge is 0.390 e. The highest BCUT2D eigenvalue weighted by atomic mass is 16.3. The first-order valence-corrected chi connectivity index (χ1v) is 13.3. The molecule has 0 saturated carbocycles. The fourth-order valence-electron chi connectivity index (χ4n) is 3.22. The Morgan fingerprint density at radius 1 is 0.861 bits per heavy atom. The van der Waals surface area contributed by atoms with Gasteiger partial charge >= 0.3 is 0 Å². The summed E-state index contributed by atoms with van der Waals surface area (Å²) >= 11 is 0. The number of nitrogens with zero attached hydrogens (tertiary/aromatic N) is 2. The maximum Gasteiger partial charge on any atom is 0.251 e. The van der Waals surface area contributed by atoms with Gasteiger partial charge < -0.3 is 37.6 Å². The van der Waals surface area contributed by atoms with Crippen molar-refractivity contribution in [3.63, 3.8) is 0 Å². The SMILES string of the molecule is CCNC(=O)CC[C@H](O)[C@@H](O)C(=O)NCCN=C(N)CCCCCCC(N)=NCCNC(C)(C)CC. The summed E-state index contributed by atoms with van der Waals surface area (Å²) in [5.74, 6) is 0.294. The quantitative estimate of drug-likeness (QED) is 0.0663. The van der Waals surface area contributed by atoms with Gasteiger partial charge in [-0.15, -0.1) is 0 Å². The van der Waals surface area contributed by atoms with Crippen molar-refractivity contribution in [1.29, 1.82) is 0 Å². The summed E-state index contributed by atoms with van der Waals surface area (Å²) < 4.78 is 0. The van der Waals surface area contributed by atoms with Gasteiger partial charge in [-0.2, -0.15) is 0 Å². The molecule has 0 aliphatic carbocycles. The highest BCUT2D eigenvalue weighted by molar-refractivity contribution is 5.82. The van der Waals surface area contributed by atoms with Crippen LogP contribution >= 0.6 is 0 Å². The molecule has 0 aromatic carbocycles. The number of nitrogens with two attached hydrogens (primary N) is 2. The molecular weight excluding hydrogens is 462 g/mol. The Hall–Kier alpha value is -2.24. The van der Waals surface area contributed by atoms with Crippen molar-refractivity contribution in [2.24, 2.45) is 21.5 Å². The zero-order chi connectivity index (χ0) is 27.4. The number of hydrogen-bond donors (Lipinski definition) is 7. The van der Waals surface area contributed by atoms with Crippen molar-refractivity contribution in [2.75, 3.05) is 32.7 Å². The van der Waals surface area contributed by atoms with Crippen LogP contribution in [0, 0.1) is 0 Å². The number of aliphatic imine (C=N–C) groups is 2. The third-order valence-corrected chi connectivity index (χ3v) is 5.93. The van der Waals surface area contributed by atoms with Crippen LogP contribution in [0.4, 0.5) is 0 Å². The molecule has 0 spiro atoms. The van der Waals surface area contributed by atoms with Crippen molar-refractivity contribution in [2.45, 2.75) is 103 Å². The van der Waals surface area contributed by atoms with Crippen LogP contribution in [-0.4, -0.2) is 84.2 Å². The number of aliphatic hydroxyl groups is 2. The number of hydrogen-bond acceptors (Lipinski definition) is 7. The molecule has 11 nitrogen and oxygen atoms in total. The predicted molar refractivity (Wildman–Crippen MR) is 146 cm³/mol. The molecule has 2 amide bonds. The number of carbonyl (C=O) groups is 2.